The lowest BCUT2D eigenvalue weighted by atomic mass is 9.79. The Hall–Kier alpha value is -0.860. The normalized spacial score (nSPS) is 26.8. The first-order chi connectivity index (χ1) is 8.34. The highest BCUT2D eigenvalue weighted by Crippen LogP contribution is 2.37. The summed E-state index contributed by atoms with van der Waals surface area (Å²) in [6.45, 7) is 0.876. The molecule has 1 aromatic rings. The minimum absolute atomic E-state index is 0.0533. The highest BCUT2D eigenvalue weighted by molar-refractivity contribution is 5.30. The number of benzene rings is 1. The molecule has 1 aliphatic carbocycles. The first-order valence-corrected chi connectivity index (χ1v) is 6.81. The number of rotatable bonds is 3. The average Bonchev–Trinajstić information content (AvgIpc) is 2.79. The van der Waals surface area contributed by atoms with Crippen molar-refractivity contribution < 1.29 is 4.74 Å². The fraction of sp³-hybridized carbons (Fsp3) is 0.600. The van der Waals surface area contributed by atoms with Crippen LogP contribution >= 0.6 is 0 Å². The van der Waals surface area contributed by atoms with E-state index in [1.807, 2.05) is 0 Å². The van der Waals surface area contributed by atoms with Crippen LogP contribution in [-0.4, -0.2) is 12.7 Å². The van der Waals surface area contributed by atoms with Gasteiger partial charge in [-0.2, -0.15) is 0 Å². The zero-order valence-electron chi connectivity index (χ0n) is 10.3. The summed E-state index contributed by atoms with van der Waals surface area (Å²) in [6.07, 6.45) is 6.56. The molecular formula is C15H21NO. The summed E-state index contributed by atoms with van der Waals surface area (Å²) in [5.74, 6) is 0.784. The van der Waals surface area contributed by atoms with Crippen LogP contribution < -0.4 is 5.73 Å². The number of hydrogen-bond acceptors (Lipinski definition) is 2. The summed E-state index contributed by atoms with van der Waals surface area (Å²) in [7, 11) is 0. The van der Waals surface area contributed by atoms with Crippen molar-refractivity contribution in [3.8, 4) is 0 Å². The first kappa shape index (κ1) is 11.2. The van der Waals surface area contributed by atoms with E-state index >= 15 is 0 Å². The van der Waals surface area contributed by atoms with E-state index in [9.17, 15) is 0 Å². The molecule has 2 heteroatoms. The lowest BCUT2D eigenvalue weighted by molar-refractivity contribution is 0.0900. The van der Waals surface area contributed by atoms with E-state index in [0.29, 0.717) is 0 Å². The third-order valence-electron chi connectivity index (χ3n) is 4.24. The predicted molar refractivity (Wildman–Crippen MR) is 68.9 cm³/mol. The van der Waals surface area contributed by atoms with Crippen LogP contribution in [0.4, 0.5) is 0 Å². The second-order valence-electron chi connectivity index (χ2n) is 5.38. The van der Waals surface area contributed by atoms with Crippen LogP contribution in [0.5, 0.6) is 0 Å². The largest absolute Gasteiger partial charge is 0.376 e. The molecule has 0 amide bonds. The third kappa shape index (κ3) is 2.24. The van der Waals surface area contributed by atoms with Gasteiger partial charge in [0.25, 0.3) is 0 Å². The van der Waals surface area contributed by atoms with Crippen LogP contribution in [0.3, 0.4) is 0 Å². The van der Waals surface area contributed by atoms with Gasteiger partial charge in [-0.15, -0.1) is 0 Å². The monoisotopic (exact) mass is 231 g/mol. The second-order valence-corrected chi connectivity index (χ2v) is 5.38. The molecule has 2 atom stereocenters. The van der Waals surface area contributed by atoms with E-state index in [1.54, 1.807) is 0 Å². The van der Waals surface area contributed by atoms with Gasteiger partial charge in [-0.05, 0) is 42.7 Å². The summed E-state index contributed by atoms with van der Waals surface area (Å²) in [6, 6.07) is 8.90. The zero-order chi connectivity index (χ0) is 11.7. The topological polar surface area (TPSA) is 35.2 Å². The van der Waals surface area contributed by atoms with Crippen molar-refractivity contribution in [3.05, 3.63) is 35.4 Å². The summed E-state index contributed by atoms with van der Waals surface area (Å²) in [4.78, 5) is 0. The van der Waals surface area contributed by atoms with Crippen LogP contribution in [0, 0.1) is 0 Å². The van der Waals surface area contributed by atoms with Crippen LogP contribution in [-0.2, 0) is 4.74 Å². The Labute approximate surface area is 103 Å². The molecule has 1 saturated heterocycles. The van der Waals surface area contributed by atoms with Gasteiger partial charge in [-0.1, -0.05) is 30.7 Å². The molecule has 2 unspecified atom stereocenters. The molecular weight excluding hydrogens is 210 g/mol. The maximum atomic E-state index is 6.30. The van der Waals surface area contributed by atoms with Gasteiger partial charge < -0.3 is 10.5 Å². The smallest absolute Gasteiger partial charge is 0.0768 e. The van der Waals surface area contributed by atoms with Crippen molar-refractivity contribution >= 4 is 0 Å². The average molecular weight is 231 g/mol. The fourth-order valence-electron chi connectivity index (χ4n) is 2.86. The molecule has 3 rings (SSSR count). The Bertz CT molecular complexity index is 380. The SMILES string of the molecule is NC(c1cccc(C2CCC2)c1)C1CCCO1. The van der Waals surface area contributed by atoms with Crippen molar-refractivity contribution in [2.45, 2.75) is 50.2 Å². The van der Waals surface area contributed by atoms with Crippen molar-refractivity contribution in [2.75, 3.05) is 6.61 Å². The number of ether oxygens (including phenoxy) is 1. The van der Waals surface area contributed by atoms with Crippen molar-refractivity contribution in [1.29, 1.82) is 0 Å². The Balaban J connectivity index is 1.76. The molecule has 1 aromatic carbocycles. The molecule has 1 saturated carbocycles. The van der Waals surface area contributed by atoms with Gasteiger partial charge in [0.2, 0.25) is 0 Å². The van der Waals surface area contributed by atoms with E-state index in [4.69, 9.17) is 10.5 Å². The first-order valence-electron chi connectivity index (χ1n) is 6.81. The van der Waals surface area contributed by atoms with E-state index in [0.717, 1.165) is 25.4 Å². The summed E-state index contributed by atoms with van der Waals surface area (Å²) < 4.78 is 5.68. The predicted octanol–water partition coefficient (Wildman–Crippen LogP) is 3.13. The van der Waals surface area contributed by atoms with Crippen molar-refractivity contribution in [1.82, 2.24) is 0 Å². The molecule has 2 nitrogen and oxygen atoms in total. The van der Waals surface area contributed by atoms with Gasteiger partial charge in [0.05, 0.1) is 12.1 Å². The lowest BCUT2D eigenvalue weighted by Gasteiger charge is -2.27. The van der Waals surface area contributed by atoms with E-state index in [2.05, 4.69) is 24.3 Å². The maximum Gasteiger partial charge on any atom is 0.0768 e. The zero-order valence-corrected chi connectivity index (χ0v) is 10.3. The minimum Gasteiger partial charge on any atom is -0.376 e. The Morgan fingerprint density at radius 3 is 2.71 bits per heavy atom. The molecule has 1 aliphatic heterocycles. The molecule has 0 aromatic heterocycles. The quantitative estimate of drug-likeness (QED) is 0.867. The number of hydrogen-bond donors (Lipinski definition) is 1. The molecule has 92 valence electrons. The Morgan fingerprint density at radius 2 is 2.06 bits per heavy atom. The molecule has 0 bridgehead atoms. The van der Waals surface area contributed by atoms with Crippen LogP contribution in [0.1, 0.15) is 55.2 Å². The van der Waals surface area contributed by atoms with E-state index < -0.39 is 0 Å². The number of nitrogens with two attached hydrogens (primary N) is 1. The van der Waals surface area contributed by atoms with Gasteiger partial charge >= 0.3 is 0 Å². The summed E-state index contributed by atoms with van der Waals surface area (Å²) >= 11 is 0. The van der Waals surface area contributed by atoms with Crippen molar-refractivity contribution in [3.63, 3.8) is 0 Å². The van der Waals surface area contributed by atoms with Gasteiger partial charge in [0, 0.05) is 6.61 Å². The van der Waals surface area contributed by atoms with Crippen LogP contribution in [0.2, 0.25) is 0 Å². The standard InChI is InChI=1S/C15H21NO/c16-15(14-8-3-9-17-14)13-7-2-6-12(10-13)11-4-1-5-11/h2,6-7,10-11,14-15H,1,3-5,8-9,16H2. The molecule has 1 heterocycles. The Morgan fingerprint density at radius 1 is 1.18 bits per heavy atom. The molecule has 0 radical (unpaired) electrons. The third-order valence-corrected chi connectivity index (χ3v) is 4.24. The van der Waals surface area contributed by atoms with Crippen molar-refractivity contribution in [2.24, 2.45) is 5.73 Å². The van der Waals surface area contributed by atoms with Gasteiger partial charge in [0.1, 0.15) is 0 Å². The lowest BCUT2D eigenvalue weighted by Crippen LogP contribution is -2.25. The van der Waals surface area contributed by atoms with Crippen LogP contribution in [0.25, 0.3) is 0 Å². The molecule has 0 spiro atoms. The highest BCUT2D eigenvalue weighted by atomic mass is 16.5. The molecule has 2 aliphatic rings. The van der Waals surface area contributed by atoms with E-state index in [1.165, 1.54) is 30.4 Å². The second kappa shape index (κ2) is 4.79. The minimum atomic E-state index is 0.0533. The molecule has 17 heavy (non-hydrogen) atoms. The van der Waals surface area contributed by atoms with E-state index in [-0.39, 0.29) is 12.1 Å². The van der Waals surface area contributed by atoms with Gasteiger partial charge in [0.15, 0.2) is 0 Å². The fourth-order valence-corrected chi connectivity index (χ4v) is 2.86. The van der Waals surface area contributed by atoms with Crippen LogP contribution in [0.15, 0.2) is 24.3 Å². The molecule has 2 fully saturated rings. The summed E-state index contributed by atoms with van der Waals surface area (Å²) in [5, 5.41) is 0. The Kier molecular flexibility index (Phi) is 3.17. The summed E-state index contributed by atoms with van der Waals surface area (Å²) in [5.41, 5.74) is 9.03. The highest BCUT2D eigenvalue weighted by Gasteiger charge is 2.25. The van der Waals surface area contributed by atoms with Gasteiger partial charge in [-0.3, -0.25) is 0 Å². The van der Waals surface area contributed by atoms with Gasteiger partial charge in [-0.25, -0.2) is 0 Å². The molecule has 2 N–H and O–H groups in total. The maximum absolute atomic E-state index is 6.30.